The second-order valence-electron chi connectivity index (χ2n) is 7.61. The van der Waals surface area contributed by atoms with Gasteiger partial charge in [-0.1, -0.05) is 30.3 Å². The van der Waals surface area contributed by atoms with Gasteiger partial charge in [-0.3, -0.25) is 9.79 Å². The van der Waals surface area contributed by atoms with E-state index in [4.69, 9.17) is 9.47 Å². The van der Waals surface area contributed by atoms with Crippen molar-refractivity contribution >= 4 is 35.8 Å². The Kier molecular flexibility index (Phi) is 10.6. The van der Waals surface area contributed by atoms with Crippen molar-refractivity contribution < 1.29 is 14.3 Å². The van der Waals surface area contributed by atoms with Crippen molar-refractivity contribution in [2.75, 3.05) is 27.2 Å². The number of halogens is 1. The molecule has 2 aromatic rings. The average Bonchev–Trinajstić information content (AvgIpc) is 3.23. The van der Waals surface area contributed by atoms with E-state index in [1.165, 1.54) is 11.1 Å². The fourth-order valence-corrected chi connectivity index (χ4v) is 3.52. The molecule has 0 saturated carbocycles. The van der Waals surface area contributed by atoms with Gasteiger partial charge in [0.1, 0.15) is 17.6 Å². The molecule has 0 spiro atoms. The lowest BCUT2D eigenvalue weighted by molar-refractivity contribution is -0.131. The molecule has 7 nitrogen and oxygen atoms in total. The Morgan fingerprint density at radius 1 is 1.09 bits per heavy atom. The highest BCUT2D eigenvalue weighted by Gasteiger charge is 2.22. The molecule has 1 aliphatic rings. The van der Waals surface area contributed by atoms with Crippen LogP contribution in [0.25, 0.3) is 0 Å². The van der Waals surface area contributed by atoms with Gasteiger partial charge < -0.3 is 25.0 Å². The van der Waals surface area contributed by atoms with Crippen molar-refractivity contribution in [3.8, 4) is 11.5 Å². The number of benzene rings is 2. The van der Waals surface area contributed by atoms with Gasteiger partial charge >= 0.3 is 0 Å². The summed E-state index contributed by atoms with van der Waals surface area (Å²) < 4.78 is 11.1. The number of hydrogen-bond donors (Lipinski definition) is 2. The summed E-state index contributed by atoms with van der Waals surface area (Å²) in [6, 6.07) is 15.8. The number of fused-ring (bicyclic) bond motifs is 1. The van der Waals surface area contributed by atoms with Gasteiger partial charge in [0, 0.05) is 39.2 Å². The highest BCUT2D eigenvalue weighted by molar-refractivity contribution is 14.0. The predicted molar refractivity (Wildman–Crippen MR) is 138 cm³/mol. The molecule has 2 aromatic carbocycles. The molecule has 2 N–H and O–H groups in total. The zero-order valence-electron chi connectivity index (χ0n) is 19.0. The summed E-state index contributed by atoms with van der Waals surface area (Å²) in [6.07, 6.45) is 1.22. The summed E-state index contributed by atoms with van der Waals surface area (Å²) in [4.78, 5) is 18.7. The molecule has 1 amide bonds. The molecule has 1 atom stereocenters. The zero-order chi connectivity index (χ0) is 22.1. The van der Waals surface area contributed by atoms with Gasteiger partial charge in [-0.25, -0.2) is 0 Å². The second-order valence-corrected chi connectivity index (χ2v) is 7.61. The van der Waals surface area contributed by atoms with Gasteiger partial charge in [-0.15, -0.1) is 24.0 Å². The molecule has 0 aliphatic carbocycles. The maximum absolute atomic E-state index is 12.5. The van der Waals surface area contributed by atoms with Gasteiger partial charge in [-0.2, -0.15) is 0 Å². The van der Waals surface area contributed by atoms with E-state index >= 15 is 0 Å². The molecule has 1 unspecified atom stereocenters. The first-order valence-electron chi connectivity index (χ1n) is 10.7. The molecule has 0 saturated heterocycles. The van der Waals surface area contributed by atoms with Crippen LogP contribution in [0.3, 0.4) is 0 Å². The van der Waals surface area contributed by atoms with Gasteiger partial charge in [0.2, 0.25) is 5.91 Å². The van der Waals surface area contributed by atoms with Crippen molar-refractivity contribution in [2.24, 2.45) is 4.99 Å². The average molecular weight is 552 g/mol. The topological polar surface area (TPSA) is 75.2 Å². The predicted octanol–water partition coefficient (Wildman–Crippen LogP) is 3.57. The molecule has 32 heavy (non-hydrogen) atoms. The lowest BCUT2D eigenvalue weighted by Crippen LogP contribution is -2.42. The molecule has 1 heterocycles. The Morgan fingerprint density at radius 3 is 2.44 bits per heavy atom. The van der Waals surface area contributed by atoms with Gasteiger partial charge in [0.15, 0.2) is 5.96 Å². The van der Waals surface area contributed by atoms with Crippen LogP contribution in [0.15, 0.2) is 53.5 Å². The molecule has 0 fully saturated rings. The van der Waals surface area contributed by atoms with E-state index in [2.05, 4.69) is 27.8 Å². The summed E-state index contributed by atoms with van der Waals surface area (Å²) in [5.41, 5.74) is 2.51. The third kappa shape index (κ3) is 7.58. The molecular formula is C24H33IN4O3. The number of methoxy groups -OCH3 is 1. The van der Waals surface area contributed by atoms with E-state index < -0.39 is 0 Å². The minimum absolute atomic E-state index is 0. The quantitative estimate of drug-likeness (QED) is 0.216. The van der Waals surface area contributed by atoms with Crippen LogP contribution in [-0.2, 0) is 17.9 Å². The molecule has 174 valence electrons. The Bertz CT molecular complexity index is 881. The van der Waals surface area contributed by atoms with E-state index in [0.29, 0.717) is 25.5 Å². The molecule has 0 aromatic heterocycles. The SMILES string of the molecule is CN=C(NCCCC(=O)N1Cc2ccccc2C1)NCC(C)Oc1cccc(OC)c1.I. The number of hydrogen-bond acceptors (Lipinski definition) is 4. The highest BCUT2D eigenvalue weighted by Crippen LogP contribution is 2.23. The minimum Gasteiger partial charge on any atom is -0.497 e. The van der Waals surface area contributed by atoms with Crippen LogP contribution in [0.2, 0.25) is 0 Å². The summed E-state index contributed by atoms with van der Waals surface area (Å²) in [5, 5.41) is 6.52. The number of nitrogens with one attached hydrogen (secondary N) is 2. The Balaban J connectivity index is 0.00000363. The number of carbonyl (C=O) groups is 1. The van der Waals surface area contributed by atoms with Gasteiger partial charge in [-0.05, 0) is 36.6 Å². The van der Waals surface area contributed by atoms with Crippen LogP contribution in [-0.4, -0.2) is 50.1 Å². The first-order chi connectivity index (χ1) is 15.1. The Morgan fingerprint density at radius 2 is 1.78 bits per heavy atom. The standard InChI is InChI=1S/C24H32N4O3.HI/c1-18(31-22-11-6-10-21(14-22)30-3)15-27-24(25-2)26-13-7-12-23(29)28-16-19-8-4-5-9-20(19)17-28;/h4-6,8-11,14,18H,7,12-13,15-17H2,1-3H3,(H2,25,26,27);1H. The van der Waals surface area contributed by atoms with E-state index in [-0.39, 0.29) is 36.0 Å². The van der Waals surface area contributed by atoms with Crippen LogP contribution in [0.4, 0.5) is 0 Å². The maximum Gasteiger partial charge on any atom is 0.223 e. The largest absolute Gasteiger partial charge is 0.497 e. The molecular weight excluding hydrogens is 519 g/mol. The summed E-state index contributed by atoms with van der Waals surface area (Å²) in [6.45, 7) is 4.71. The highest BCUT2D eigenvalue weighted by atomic mass is 127. The Hall–Kier alpha value is -2.49. The maximum atomic E-state index is 12.5. The summed E-state index contributed by atoms with van der Waals surface area (Å²) in [5.74, 6) is 2.42. The van der Waals surface area contributed by atoms with E-state index in [0.717, 1.165) is 31.0 Å². The molecule has 0 bridgehead atoms. The molecule has 3 rings (SSSR count). The third-order valence-corrected chi connectivity index (χ3v) is 5.21. The first-order valence-corrected chi connectivity index (χ1v) is 10.7. The van der Waals surface area contributed by atoms with Crippen molar-refractivity contribution in [3.05, 3.63) is 59.7 Å². The number of rotatable bonds is 9. The summed E-state index contributed by atoms with van der Waals surface area (Å²) in [7, 11) is 3.37. The van der Waals surface area contributed by atoms with Crippen LogP contribution in [0.1, 0.15) is 30.9 Å². The van der Waals surface area contributed by atoms with Crippen molar-refractivity contribution in [1.29, 1.82) is 0 Å². The molecule has 1 aliphatic heterocycles. The number of guanidine groups is 1. The Labute approximate surface area is 207 Å². The lowest BCUT2D eigenvalue weighted by Gasteiger charge is -2.18. The van der Waals surface area contributed by atoms with Crippen LogP contribution in [0, 0.1) is 0 Å². The van der Waals surface area contributed by atoms with E-state index in [1.54, 1.807) is 14.2 Å². The smallest absolute Gasteiger partial charge is 0.223 e. The normalized spacial score (nSPS) is 13.6. The van der Waals surface area contributed by atoms with Crippen molar-refractivity contribution in [1.82, 2.24) is 15.5 Å². The van der Waals surface area contributed by atoms with Crippen LogP contribution < -0.4 is 20.1 Å². The van der Waals surface area contributed by atoms with Crippen molar-refractivity contribution in [3.63, 3.8) is 0 Å². The van der Waals surface area contributed by atoms with E-state index in [1.807, 2.05) is 48.2 Å². The number of ether oxygens (including phenoxy) is 2. The number of nitrogens with zero attached hydrogens (tertiary/aromatic N) is 2. The van der Waals surface area contributed by atoms with Gasteiger partial charge in [0.05, 0.1) is 13.7 Å². The number of aliphatic imine (C=N–C) groups is 1. The minimum atomic E-state index is -0.0518. The molecule has 8 heteroatoms. The monoisotopic (exact) mass is 552 g/mol. The molecule has 0 radical (unpaired) electrons. The number of carbonyl (C=O) groups excluding carboxylic acids is 1. The van der Waals surface area contributed by atoms with Crippen LogP contribution >= 0.6 is 24.0 Å². The fraction of sp³-hybridized carbons (Fsp3) is 0.417. The first kappa shape index (κ1) is 25.8. The van der Waals surface area contributed by atoms with E-state index in [9.17, 15) is 4.79 Å². The fourth-order valence-electron chi connectivity index (χ4n) is 3.52. The zero-order valence-corrected chi connectivity index (χ0v) is 21.3. The van der Waals surface area contributed by atoms with Gasteiger partial charge in [0.25, 0.3) is 0 Å². The summed E-state index contributed by atoms with van der Waals surface area (Å²) >= 11 is 0. The third-order valence-electron chi connectivity index (χ3n) is 5.21. The van der Waals surface area contributed by atoms with Crippen molar-refractivity contribution in [2.45, 2.75) is 39.0 Å². The second kappa shape index (κ2) is 13.1. The lowest BCUT2D eigenvalue weighted by atomic mass is 10.1. The number of amides is 1. The van der Waals surface area contributed by atoms with Crippen LogP contribution in [0.5, 0.6) is 11.5 Å².